The number of anilines is 1. The lowest BCUT2D eigenvalue weighted by atomic mass is 10.2. The Morgan fingerprint density at radius 3 is 2.52 bits per heavy atom. The molecular formula is C17H20FNO2. The standard InChI is InChI=1S/C17H20FNO2/c1-12-3-7-16(8-4-12)21-11-15(20)10-19-14-6-5-13(2)17(18)9-14/h3-9,15,19-20H,10-11H2,1-2H3. The average Bonchev–Trinajstić information content (AvgIpc) is 2.48. The zero-order chi connectivity index (χ0) is 15.2. The quantitative estimate of drug-likeness (QED) is 0.857. The Morgan fingerprint density at radius 2 is 1.86 bits per heavy atom. The maximum atomic E-state index is 13.4. The third kappa shape index (κ3) is 4.76. The van der Waals surface area contributed by atoms with Gasteiger partial charge in [0.2, 0.25) is 0 Å². The molecule has 0 aliphatic heterocycles. The van der Waals surface area contributed by atoms with Gasteiger partial charge in [0.1, 0.15) is 24.3 Å². The minimum atomic E-state index is -0.671. The van der Waals surface area contributed by atoms with Gasteiger partial charge < -0.3 is 15.2 Å². The lowest BCUT2D eigenvalue weighted by Gasteiger charge is -2.14. The molecule has 0 saturated heterocycles. The van der Waals surface area contributed by atoms with E-state index in [0.717, 1.165) is 11.3 Å². The highest BCUT2D eigenvalue weighted by molar-refractivity contribution is 5.45. The van der Waals surface area contributed by atoms with Crippen molar-refractivity contribution in [2.24, 2.45) is 0 Å². The molecule has 0 amide bonds. The van der Waals surface area contributed by atoms with Crippen LogP contribution >= 0.6 is 0 Å². The van der Waals surface area contributed by atoms with Crippen molar-refractivity contribution in [3.63, 3.8) is 0 Å². The number of aryl methyl sites for hydroxylation is 2. The van der Waals surface area contributed by atoms with Gasteiger partial charge in [-0.3, -0.25) is 0 Å². The molecule has 0 aliphatic carbocycles. The maximum Gasteiger partial charge on any atom is 0.128 e. The Bertz CT molecular complexity index is 584. The highest BCUT2D eigenvalue weighted by atomic mass is 19.1. The van der Waals surface area contributed by atoms with Crippen molar-refractivity contribution in [3.8, 4) is 5.75 Å². The van der Waals surface area contributed by atoms with Gasteiger partial charge in [-0.05, 0) is 43.7 Å². The van der Waals surface area contributed by atoms with Crippen molar-refractivity contribution in [2.45, 2.75) is 20.0 Å². The van der Waals surface area contributed by atoms with E-state index in [0.29, 0.717) is 17.8 Å². The highest BCUT2D eigenvalue weighted by Crippen LogP contribution is 2.14. The van der Waals surface area contributed by atoms with Gasteiger partial charge in [0.25, 0.3) is 0 Å². The largest absolute Gasteiger partial charge is 0.491 e. The molecule has 21 heavy (non-hydrogen) atoms. The Kier molecular flexibility index (Phi) is 5.17. The van der Waals surface area contributed by atoms with E-state index in [-0.39, 0.29) is 12.4 Å². The first-order chi connectivity index (χ1) is 10.0. The molecule has 0 bridgehead atoms. The Balaban J connectivity index is 1.77. The van der Waals surface area contributed by atoms with Crippen LogP contribution in [0.4, 0.5) is 10.1 Å². The maximum absolute atomic E-state index is 13.4. The molecule has 1 atom stereocenters. The second kappa shape index (κ2) is 7.09. The van der Waals surface area contributed by atoms with Gasteiger partial charge in [-0.15, -0.1) is 0 Å². The predicted molar refractivity (Wildman–Crippen MR) is 82.3 cm³/mol. The van der Waals surface area contributed by atoms with E-state index in [1.165, 1.54) is 6.07 Å². The van der Waals surface area contributed by atoms with E-state index in [1.54, 1.807) is 19.1 Å². The lowest BCUT2D eigenvalue weighted by Crippen LogP contribution is -2.26. The van der Waals surface area contributed by atoms with Crippen LogP contribution in [0.2, 0.25) is 0 Å². The van der Waals surface area contributed by atoms with Gasteiger partial charge >= 0.3 is 0 Å². The van der Waals surface area contributed by atoms with Crippen LogP contribution in [-0.4, -0.2) is 24.4 Å². The minimum Gasteiger partial charge on any atom is -0.491 e. The molecule has 0 aliphatic rings. The summed E-state index contributed by atoms with van der Waals surface area (Å²) in [5, 5.41) is 12.9. The van der Waals surface area contributed by atoms with Gasteiger partial charge in [-0.2, -0.15) is 0 Å². The lowest BCUT2D eigenvalue weighted by molar-refractivity contribution is 0.117. The molecule has 2 aromatic carbocycles. The summed E-state index contributed by atoms with van der Waals surface area (Å²) in [7, 11) is 0. The fourth-order valence-corrected chi connectivity index (χ4v) is 1.82. The van der Waals surface area contributed by atoms with E-state index >= 15 is 0 Å². The molecule has 112 valence electrons. The number of benzene rings is 2. The molecule has 0 spiro atoms. The molecule has 0 fully saturated rings. The predicted octanol–water partition coefficient (Wildman–Crippen LogP) is 3.29. The summed E-state index contributed by atoms with van der Waals surface area (Å²) in [4.78, 5) is 0. The fourth-order valence-electron chi connectivity index (χ4n) is 1.82. The highest BCUT2D eigenvalue weighted by Gasteiger charge is 2.06. The van der Waals surface area contributed by atoms with Crippen LogP contribution < -0.4 is 10.1 Å². The molecule has 2 N–H and O–H groups in total. The van der Waals surface area contributed by atoms with Gasteiger partial charge in [0.15, 0.2) is 0 Å². The fraction of sp³-hybridized carbons (Fsp3) is 0.294. The molecule has 3 nitrogen and oxygen atoms in total. The summed E-state index contributed by atoms with van der Waals surface area (Å²) >= 11 is 0. The summed E-state index contributed by atoms with van der Waals surface area (Å²) in [6.45, 7) is 4.20. The first-order valence-corrected chi connectivity index (χ1v) is 6.92. The van der Waals surface area contributed by atoms with Gasteiger partial charge in [-0.1, -0.05) is 23.8 Å². The van der Waals surface area contributed by atoms with E-state index in [4.69, 9.17) is 4.74 Å². The molecule has 0 radical (unpaired) electrons. The Hall–Kier alpha value is -2.07. The van der Waals surface area contributed by atoms with E-state index in [2.05, 4.69) is 5.32 Å². The number of ether oxygens (including phenoxy) is 1. The number of rotatable bonds is 6. The molecule has 0 heterocycles. The second-order valence-electron chi connectivity index (χ2n) is 5.12. The average molecular weight is 289 g/mol. The molecule has 1 unspecified atom stereocenters. The van der Waals surface area contributed by atoms with Crippen LogP contribution in [-0.2, 0) is 0 Å². The van der Waals surface area contributed by atoms with Gasteiger partial charge in [0.05, 0.1) is 0 Å². The van der Waals surface area contributed by atoms with Gasteiger partial charge in [0, 0.05) is 12.2 Å². The number of aliphatic hydroxyl groups excluding tert-OH is 1. The molecule has 0 saturated carbocycles. The summed E-state index contributed by atoms with van der Waals surface area (Å²) in [5.74, 6) is 0.464. The summed E-state index contributed by atoms with van der Waals surface area (Å²) < 4.78 is 18.9. The van der Waals surface area contributed by atoms with Crippen LogP contribution in [0, 0.1) is 19.7 Å². The monoisotopic (exact) mass is 289 g/mol. The van der Waals surface area contributed by atoms with Crippen molar-refractivity contribution in [1.29, 1.82) is 0 Å². The molecular weight excluding hydrogens is 269 g/mol. The molecule has 0 aromatic heterocycles. The Morgan fingerprint density at radius 1 is 1.14 bits per heavy atom. The number of hydrogen-bond donors (Lipinski definition) is 2. The third-order valence-electron chi connectivity index (χ3n) is 3.18. The topological polar surface area (TPSA) is 41.5 Å². The van der Waals surface area contributed by atoms with Crippen molar-refractivity contribution in [3.05, 3.63) is 59.4 Å². The van der Waals surface area contributed by atoms with Crippen LogP contribution in [0.25, 0.3) is 0 Å². The zero-order valence-electron chi connectivity index (χ0n) is 12.3. The summed E-state index contributed by atoms with van der Waals surface area (Å²) in [6, 6.07) is 12.5. The van der Waals surface area contributed by atoms with Crippen molar-refractivity contribution in [1.82, 2.24) is 0 Å². The van der Waals surface area contributed by atoms with Crippen molar-refractivity contribution < 1.29 is 14.2 Å². The minimum absolute atomic E-state index is 0.185. The first kappa shape index (κ1) is 15.3. The van der Waals surface area contributed by atoms with Gasteiger partial charge in [-0.25, -0.2) is 4.39 Å². The van der Waals surface area contributed by atoms with E-state index in [9.17, 15) is 9.50 Å². The third-order valence-corrected chi connectivity index (χ3v) is 3.18. The summed E-state index contributed by atoms with van der Waals surface area (Å²) in [6.07, 6.45) is -0.671. The van der Waals surface area contributed by atoms with Crippen LogP contribution in [0.15, 0.2) is 42.5 Å². The van der Waals surface area contributed by atoms with Crippen LogP contribution in [0.3, 0.4) is 0 Å². The summed E-state index contributed by atoms with van der Waals surface area (Å²) in [5.41, 5.74) is 2.40. The van der Waals surface area contributed by atoms with E-state index in [1.807, 2.05) is 31.2 Å². The van der Waals surface area contributed by atoms with Crippen molar-refractivity contribution in [2.75, 3.05) is 18.5 Å². The second-order valence-corrected chi connectivity index (χ2v) is 5.12. The molecule has 2 aromatic rings. The van der Waals surface area contributed by atoms with Crippen LogP contribution in [0.1, 0.15) is 11.1 Å². The Labute approximate surface area is 124 Å². The molecule has 2 rings (SSSR count). The number of nitrogens with one attached hydrogen (secondary N) is 1. The normalized spacial score (nSPS) is 12.0. The smallest absolute Gasteiger partial charge is 0.128 e. The number of halogens is 1. The number of hydrogen-bond acceptors (Lipinski definition) is 3. The molecule has 4 heteroatoms. The number of aliphatic hydroxyl groups is 1. The van der Waals surface area contributed by atoms with Crippen molar-refractivity contribution >= 4 is 5.69 Å². The zero-order valence-corrected chi connectivity index (χ0v) is 12.3. The van der Waals surface area contributed by atoms with Crippen LogP contribution in [0.5, 0.6) is 5.75 Å². The SMILES string of the molecule is Cc1ccc(OCC(O)CNc2ccc(C)c(F)c2)cc1. The first-order valence-electron chi connectivity index (χ1n) is 6.92. The van der Waals surface area contributed by atoms with E-state index < -0.39 is 6.10 Å².